The van der Waals surface area contributed by atoms with Crippen molar-refractivity contribution in [3.63, 3.8) is 0 Å². The Hall–Kier alpha value is -2.81. The van der Waals surface area contributed by atoms with Crippen LogP contribution in [-0.4, -0.2) is 53.3 Å². The quantitative estimate of drug-likeness (QED) is 0.808. The molecule has 0 aliphatic carbocycles. The van der Waals surface area contributed by atoms with Crippen LogP contribution < -0.4 is 0 Å². The Morgan fingerprint density at radius 1 is 1.11 bits per heavy atom. The summed E-state index contributed by atoms with van der Waals surface area (Å²) in [5.41, 5.74) is 1.15. The summed E-state index contributed by atoms with van der Waals surface area (Å²) < 4.78 is 44.8. The highest BCUT2D eigenvalue weighted by Crippen LogP contribution is 2.36. The Balaban J connectivity index is 1.67. The molecule has 0 N–H and O–H groups in total. The first-order valence-electron chi connectivity index (χ1n) is 8.37. The van der Waals surface area contributed by atoms with Gasteiger partial charge in [-0.3, -0.25) is 9.79 Å². The summed E-state index contributed by atoms with van der Waals surface area (Å²) in [6.07, 6.45) is -0.150. The second-order valence-corrected chi connectivity index (χ2v) is 6.26. The predicted molar refractivity (Wildman–Crippen MR) is 90.5 cm³/mol. The molecule has 4 rings (SSSR count). The maximum atomic E-state index is 13.2. The van der Waals surface area contributed by atoms with Crippen molar-refractivity contribution in [3.8, 4) is 11.1 Å². The number of halogens is 3. The van der Waals surface area contributed by atoms with Gasteiger partial charge in [-0.05, 0) is 23.3 Å². The monoisotopic (exact) mass is 376 g/mol. The number of aromatic nitrogens is 2. The van der Waals surface area contributed by atoms with E-state index < -0.39 is 11.7 Å². The molecule has 2 aliphatic rings. The molecule has 0 atom stereocenters. The Bertz CT molecular complexity index is 904. The van der Waals surface area contributed by atoms with Crippen molar-refractivity contribution in [2.75, 3.05) is 26.3 Å². The molecule has 1 amide bonds. The number of ether oxygens (including phenoxy) is 1. The van der Waals surface area contributed by atoms with Gasteiger partial charge in [-0.15, -0.1) is 0 Å². The summed E-state index contributed by atoms with van der Waals surface area (Å²) in [6, 6.07) is 2.18. The van der Waals surface area contributed by atoms with E-state index in [1.165, 1.54) is 12.4 Å². The molecular weight excluding hydrogens is 361 g/mol. The lowest BCUT2D eigenvalue weighted by atomic mass is 9.95. The van der Waals surface area contributed by atoms with E-state index >= 15 is 0 Å². The molecule has 0 spiro atoms. The number of nitrogens with zero attached hydrogens (tertiary/aromatic N) is 4. The van der Waals surface area contributed by atoms with Crippen molar-refractivity contribution < 1.29 is 22.7 Å². The van der Waals surface area contributed by atoms with Crippen LogP contribution in [0.5, 0.6) is 0 Å². The number of amides is 1. The number of rotatable bonds is 2. The molecule has 1 aromatic heterocycles. The van der Waals surface area contributed by atoms with Gasteiger partial charge in [0.25, 0.3) is 5.91 Å². The van der Waals surface area contributed by atoms with Crippen LogP contribution in [-0.2, 0) is 17.5 Å². The van der Waals surface area contributed by atoms with Crippen LogP contribution in [0.25, 0.3) is 11.1 Å². The summed E-state index contributed by atoms with van der Waals surface area (Å²) in [4.78, 5) is 26.2. The Kier molecular flexibility index (Phi) is 4.39. The lowest BCUT2D eigenvalue weighted by Crippen LogP contribution is -2.41. The third-order valence-corrected chi connectivity index (χ3v) is 4.53. The van der Waals surface area contributed by atoms with Gasteiger partial charge in [-0.2, -0.15) is 13.2 Å². The van der Waals surface area contributed by atoms with Gasteiger partial charge in [0.15, 0.2) is 0 Å². The molecule has 3 heterocycles. The van der Waals surface area contributed by atoms with Gasteiger partial charge in [-0.25, -0.2) is 9.97 Å². The Morgan fingerprint density at radius 2 is 1.81 bits per heavy atom. The lowest BCUT2D eigenvalue weighted by molar-refractivity contribution is -0.137. The number of hydrogen-bond acceptors (Lipinski definition) is 5. The zero-order valence-corrected chi connectivity index (χ0v) is 14.2. The second-order valence-electron chi connectivity index (χ2n) is 6.26. The third-order valence-electron chi connectivity index (χ3n) is 4.53. The van der Waals surface area contributed by atoms with Crippen LogP contribution in [0.15, 0.2) is 29.5 Å². The average Bonchev–Trinajstić information content (AvgIpc) is 3.15. The zero-order valence-electron chi connectivity index (χ0n) is 14.2. The number of aliphatic imine (C=N–C) groups is 1. The van der Waals surface area contributed by atoms with Crippen molar-refractivity contribution in [1.29, 1.82) is 0 Å². The fraction of sp³-hybridized carbons (Fsp3) is 0.333. The first kappa shape index (κ1) is 17.6. The van der Waals surface area contributed by atoms with Gasteiger partial charge >= 0.3 is 6.18 Å². The number of fused-ring (bicyclic) bond motifs is 1. The van der Waals surface area contributed by atoms with Gasteiger partial charge in [0, 0.05) is 42.8 Å². The SMILES string of the molecule is O=C(c1ncc(-c2cc(C(F)(F)F)cc3c2C=NC3)cn1)N1CCOCC1. The van der Waals surface area contributed by atoms with Gasteiger partial charge in [0.1, 0.15) is 0 Å². The number of morpholine rings is 1. The lowest BCUT2D eigenvalue weighted by Gasteiger charge is -2.26. The highest BCUT2D eigenvalue weighted by Gasteiger charge is 2.33. The molecule has 2 aliphatic heterocycles. The van der Waals surface area contributed by atoms with E-state index in [1.807, 2.05) is 0 Å². The molecule has 9 heteroatoms. The van der Waals surface area contributed by atoms with Crippen LogP contribution in [0, 0.1) is 0 Å². The molecule has 27 heavy (non-hydrogen) atoms. The molecule has 1 fully saturated rings. The third kappa shape index (κ3) is 3.42. The summed E-state index contributed by atoms with van der Waals surface area (Å²) in [5, 5.41) is 0. The Morgan fingerprint density at radius 3 is 2.48 bits per heavy atom. The topological polar surface area (TPSA) is 67.7 Å². The highest BCUT2D eigenvalue weighted by molar-refractivity contribution is 5.95. The van der Waals surface area contributed by atoms with Crippen LogP contribution in [0.3, 0.4) is 0 Å². The second kappa shape index (κ2) is 6.73. The van der Waals surface area contributed by atoms with Crippen LogP contribution >= 0.6 is 0 Å². The van der Waals surface area contributed by atoms with Crippen molar-refractivity contribution in [2.45, 2.75) is 12.7 Å². The fourth-order valence-electron chi connectivity index (χ4n) is 3.12. The summed E-state index contributed by atoms with van der Waals surface area (Å²) in [6.45, 7) is 2.04. The van der Waals surface area contributed by atoms with E-state index in [1.54, 1.807) is 11.1 Å². The van der Waals surface area contributed by atoms with Gasteiger partial charge in [0.2, 0.25) is 5.82 Å². The normalized spacial score (nSPS) is 16.5. The molecule has 1 aromatic carbocycles. The molecule has 0 radical (unpaired) electrons. The van der Waals surface area contributed by atoms with E-state index in [9.17, 15) is 18.0 Å². The first-order chi connectivity index (χ1) is 12.9. The first-order valence-corrected chi connectivity index (χ1v) is 8.37. The smallest absolute Gasteiger partial charge is 0.378 e. The summed E-state index contributed by atoms with van der Waals surface area (Å²) in [5.74, 6) is -0.307. The van der Waals surface area contributed by atoms with Crippen LogP contribution in [0.2, 0.25) is 0 Å². The van der Waals surface area contributed by atoms with E-state index in [0.717, 1.165) is 12.1 Å². The minimum absolute atomic E-state index is 0.0120. The van der Waals surface area contributed by atoms with Gasteiger partial charge in [-0.1, -0.05) is 0 Å². The number of alkyl halides is 3. The van der Waals surface area contributed by atoms with E-state index in [0.29, 0.717) is 48.6 Å². The van der Waals surface area contributed by atoms with E-state index in [2.05, 4.69) is 15.0 Å². The number of hydrogen-bond donors (Lipinski definition) is 0. The largest absolute Gasteiger partial charge is 0.416 e. The molecule has 1 saturated heterocycles. The van der Waals surface area contributed by atoms with Crippen molar-refractivity contribution in [3.05, 3.63) is 47.0 Å². The maximum absolute atomic E-state index is 13.2. The maximum Gasteiger partial charge on any atom is 0.416 e. The summed E-state index contributed by atoms with van der Waals surface area (Å²) in [7, 11) is 0. The fourth-order valence-corrected chi connectivity index (χ4v) is 3.12. The number of carbonyl (C=O) groups is 1. The molecule has 0 unspecified atom stereocenters. The van der Waals surface area contributed by atoms with E-state index in [-0.39, 0.29) is 18.3 Å². The minimum Gasteiger partial charge on any atom is -0.378 e. The number of benzene rings is 1. The standard InChI is InChI=1S/C18H15F3N4O2/c19-18(20,21)13-5-11-7-22-10-15(11)14(6-13)12-8-23-16(24-9-12)17(26)25-1-3-27-4-2-25/h5-6,8-10H,1-4,7H2. The van der Waals surface area contributed by atoms with Gasteiger partial charge < -0.3 is 9.64 Å². The molecule has 6 nitrogen and oxygen atoms in total. The molecule has 2 aromatic rings. The average molecular weight is 376 g/mol. The van der Waals surface area contributed by atoms with Gasteiger partial charge in [0.05, 0.1) is 25.3 Å². The van der Waals surface area contributed by atoms with Crippen molar-refractivity contribution >= 4 is 12.1 Å². The molecular formula is C18H15F3N4O2. The van der Waals surface area contributed by atoms with Crippen molar-refractivity contribution in [1.82, 2.24) is 14.9 Å². The van der Waals surface area contributed by atoms with Crippen molar-refractivity contribution in [2.24, 2.45) is 4.99 Å². The molecule has 0 saturated carbocycles. The Labute approximate surface area is 152 Å². The molecule has 140 valence electrons. The van der Waals surface area contributed by atoms with Crippen LogP contribution in [0.4, 0.5) is 13.2 Å². The highest BCUT2D eigenvalue weighted by atomic mass is 19.4. The number of carbonyl (C=O) groups excluding carboxylic acids is 1. The predicted octanol–water partition coefficient (Wildman–Crippen LogP) is 2.57. The summed E-state index contributed by atoms with van der Waals surface area (Å²) >= 11 is 0. The minimum atomic E-state index is -4.46. The van der Waals surface area contributed by atoms with Crippen LogP contribution in [0.1, 0.15) is 27.3 Å². The van der Waals surface area contributed by atoms with E-state index in [4.69, 9.17) is 4.74 Å². The molecule has 0 bridgehead atoms. The zero-order chi connectivity index (χ0) is 19.0.